The number of rotatable bonds is 6. The van der Waals surface area contributed by atoms with E-state index in [1.807, 2.05) is 41.5 Å². The van der Waals surface area contributed by atoms with Crippen LogP contribution < -0.4 is 0 Å². The molecule has 0 atom stereocenters. The number of nitrogens with zero attached hydrogens (tertiary/aromatic N) is 2. The molecule has 0 bridgehead atoms. The lowest BCUT2D eigenvalue weighted by Gasteiger charge is -2.30. The first kappa shape index (κ1) is 26.8. The van der Waals surface area contributed by atoms with Crippen LogP contribution in [0.25, 0.3) is 0 Å². The molecule has 1 heterocycles. The third-order valence-electron chi connectivity index (χ3n) is 3.72. The van der Waals surface area contributed by atoms with Gasteiger partial charge >= 0.3 is 13.8 Å². The fraction of sp³-hybridized carbons (Fsp3) is 0.810. The summed E-state index contributed by atoms with van der Waals surface area (Å²) in [4.78, 5) is 12.2. The van der Waals surface area contributed by atoms with Crippen molar-refractivity contribution in [2.24, 2.45) is 0 Å². The van der Waals surface area contributed by atoms with Crippen LogP contribution in [0.5, 0.6) is 0 Å². The van der Waals surface area contributed by atoms with Crippen molar-refractivity contribution in [3.05, 3.63) is 17.0 Å². The van der Waals surface area contributed by atoms with E-state index in [1.165, 1.54) is 4.68 Å². The van der Waals surface area contributed by atoms with Gasteiger partial charge in [-0.1, -0.05) is 41.5 Å². The van der Waals surface area contributed by atoms with E-state index >= 15 is 0 Å². The number of aromatic nitrogens is 2. The van der Waals surface area contributed by atoms with Crippen LogP contribution in [0.1, 0.15) is 105 Å². The Morgan fingerprint density at radius 2 is 1.33 bits per heavy atom. The van der Waals surface area contributed by atoms with Crippen molar-refractivity contribution in [2.45, 2.75) is 112 Å². The zero-order chi connectivity index (χ0) is 23.9. The van der Waals surface area contributed by atoms with Crippen molar-refractivity contribution >= 4 is 13.8 Å². The van der Waals surface area contributed by atoms with Crippen molar-refractivity contribution in [2.75, 3.05) is 0 Å². The third kappa shape index (κ3) is 7.49. The molecule has 8 nitrogen and oxygen atoms in total. The average molecular weight is 447 g/mol. The standard InChI is InChI=1S/C21H39N2O6P/c1-18(2,3)14-15(17(24)25)23(22-16(14)19(4,5)6)13-27-30(26,28-20(7,8)9)29-21(10,11)12/h13H2,1-12H3,(H,24,25). The fourth-order valence-corrected chi connectivity index (χ4v) is 4.61. The van der Waals surface area contributed by atoms with Gasteiger partial charge < -0.3 is 5.11 Å². The Kier molecular flexibility index (Phi) is 7.49. The second kappa shape index (κ2) is 8.38. The normalized spacial score (nSPS) is 14.3. The lowest BCUT2D eigenvalue weighted by molar-refractivity contribution is -0.00833. The molecule has 0 aliphatic rings. The Bertz CT molecular complexity index is 797. The number of phosphoric ester groups is 1. The van der Waals surface area contributed by atoms with E-state index in [4.69, 9.17) is 13.6 Å². The molecule has 1 aromatic heterocycles. The van der Waals surface area contributed by atoms with Crippen LogP contribution in [0, 0.1) is 0 Å². The van der Waals surface area contributed by atoms with Gasteiger partial charge in [-0.2, -0.15) is 5.10 Å². The minimum absolute atomic E-state index is 0.00509. The second-order valence-corrected chi connectivity index (χ2v) is 13.0. The summed E-state index contributed by atoms with van der Waals surface area (Å²) in [7, 11) is -4.02. The summed E-state index contributed by atoms with van der Waals surface area (Å²) >= 11 is 0. The fourth-order valence-electron chi connectivity index (χ4n) is 2.88. The van der Waals surface area contributed by atoms with Gasteiger partial charge in [-0.25, -0.2) is 14.0 Å². The number of carboxylic acid groups (broad SMARTS) is 1. The predicted octanol–water partition coefficient (Wildman–Crippen LogP) is 5.89. The number of carboxylic acids is 1. The Balaban J connectivity index is 3.49. The molecule has 0 radical (unpaired) electrons. The van der Waals surface area contributed by atoms with Crippen LogP contribution in [0.4, 0.5) is 0 Å². The second-order valence-electron chi connectivity index (χ2n) is 11.5. The molecule has 30 heavy (non-hydrogen) atoms. The molecule has 0 fully saturated rings. The topological polar surface area (TPSA) is 99.9 Å². The van der Waals surface area contributed by atoms with E-state index in [0.717, 1.165) is 0 Å². The maximum Gasteiger partial charge on any atom is 0.477 e. The van der Waals surface area contributed by atoms with Crippen LogP contribution >= 0.6 is 7.82 Å². The molecule has 1 rings (SSSR count). The van der Waals surface area contributed by atoms with Crippen molar-refractivity contribution in [3.8, 4) is 0 Å². The molecule has 174 valence electrons. The van der Waals surface area contributed by atoms with Gasteiger partial charge in [0, 0.05) is 11.0 Å². The molecule has 0 unspecified atom stereocenters. The van der Waals surface area contributed by atoms with Gasteiger partial charge in [0.25, 0.3) is 0 Å². The van der Waals surface area contributed by atoms with Crippen molar-refractivity contribution in [1.29, 1.82) is 0 Å². The first-order valence-electron chi connectivity index (χ1n) is 10.1. The molecule has 0 spiro atoms. The largest absolute Gasteiger partial charge is 0.477 e. The highest BCUT2D eigenvalue weighted by Crippen LogP contribution is 2.55. The number of phosphoric acid groups is 1. The number of hydrogen-bond donors (Lipinski definition) is 1. The average Bonchev–Trinajstić information content (AvgIpc) is 2.80. The van der Waals surface area contributed by atoms with Gasteiger partial charge in [0.1, 0.15) is 0 Å². The Hall–Kier alpha value is -1.21. The Morgan fingerprint density at radius 1 is 0.900 bits per heavy atom. The van der Waals surface area contributed by atoms with E-state index < -0.39 is 35.8 Å². The highest BCUT2D eigenvalue weighted by molar-refractivity contribution is 7.48. The van der Waals surface area contributed by atoms with Crippen molar-refractivity contribution < 1.29 is 28.0 Å². The molecule has 1 aromatic rings. The molecular formula is C21H39N2O6P. The molecule has 0 amide bonds. The number of hydrogen-bond acceptors (Lipinski definition) is 6. The molecule has 0 saturated carbocycles. The number of aromatic carboxylic acids is 1. The lowest BCUT2D eigenvalue weighted by Crippen LogP contribution is -2.25. The minimum Gasteiger partial charge on any atom is -0.477 e. The van der Waals surface area contributed by atoms with Crippen molar-refractivity contribution in [1.82, 2.24) is 9.78 Å². The summed E-state index contributed by atoms with van der Waals surface area (Å²) in [6.07, 6.45) is 0. The highest BCUT2D eigenvalue weighted by atomic mass is 31.2. The molecule has 0 aliphatic heterocycles. The molecule has 0 saturated heterocycles. The van der Waals surface area contributed by atoms with E-state index in [9.17, 15) is 14.5 Å². The first-order chi connectivity index (χ1) is 13.1. The highest BCUT2D eigenvalue weighted by Gasteiger charge is 2.39. The quantitative estimate of drug-likeness (QED) is 0.544. The monoisotopic (exact) mass is 446 g/mol. The van der Waals surface area contributed by atoms with Gasteiger partial charge in [-0.3, -0.25) is 13.6 Å². The minimum atomic E-state index is -4.02. The molecular weight excluding hydrogens is 407 g/mol. The zero-order valence-electron chi connectivity index (χ0n) is 20.5. The summed E-state index contributed by atoms with van der Waals surface area (Å²) in [5.41, 5.74) is -1.19. The summed E-state index contributed by atoms with van der Waals surface area (Å²) in [5.74, 6) is -1.13. The molecule has 0 aromatic carbocycles. The molecule has 0 aliphatic carbocycles. The Morgan fingerprint density at radius 3 is 1.63 bits per heavy atom. The Labute approximate surface area is 180 Å². The predicted molar refractivity (Wildman–Crippen MR) is 117 cm³/mol. The molecule has 1 N–H and O–H groups in total. The van der Waals surface area contributed by atoms with Gasteiger partial charge in [0.15, 0.2) is 12.4 Å². The van der Waals surface area contributed by atoms with Gasteiger partial charge in [0.05, 0.1) is 16.9 Å². The maximum absolute atomic E-state index is 13.3. The zero-order valence-corrected chi connectivity index (χ0v) is 21.4. The summed E-state index contributed by atoms with van der Waals surface area (Å²) in [6.45, 7) is 21.8. The van der Waals surface area contributed by atoms with E-state index in [1.54, 1.807) is 41.5 Å². The van der Waals surface area contributed by atoms with Crippen LogP contribution in [0.3, 0.4) is 0 Å². The van der Waals surface area contributed by atoms with Crippen LogP contribution in [-0.4, -0.2) is 32.1 Å². The SMILES string of the molecule is CC(C)(C)OP(=O)(OCn1nc(C(C)(C)C)c(C(C)(C)C)c1C(=O)O)OC(C)(C)C. The van der Waals surface area contributed by atoms with E-state index in [0.29, 0.717) is 11.3 Å². The lowest BCUT2D eigenvalue weighted by atomic mass is 9.78. The summed E-state index contributed by atoms with van der Waals surface area (Å²) in [5, 5.41) is 14.5. The maximum atomic E-state index is 13.3. The van der Waals surface area contributed by atoms with Gasteiger partial charge in [0.2, 0.25) is 0 Å². The van der Waals surface area contributed by atoms with Crippen LogP contribution in [0.15, 0.2) is 0 Å². The third-order valence-corrected chi connectivity index (χ3v) is 5.70. The van der Waals surface area contributed by atoms with Crippen molar-refractivity contribution in [3.63, 3.8) is 0 Å². The van der Waals surface area contributed by atoms with Crippen LogP contribution in [0.2, 0.25) is 0 Å². The number of carbonyl (C=O) groups is 1. The van der Waals surface area contributed by atoms with Gasteiger partial charge in [-0.15, -0.1) is 0 Å². The smallest absolute Gasteiger partial charge is 0.477 e. The summed E-state index contributed by atoms with van der Waals surface area (Å²) in [6, 6.07) is 0. The molecule has 9 heteroatoms. The van der Waals surface area contributed by atoms with Gasteiger partial charge in [-0.05, 0) is 47.0 Å². The summed E-state index contributed by atoms with van der Waals surface area (Å²) < 4.78 is 31.4. The van der Waals surface area contributed by atoms with Crippen LogP contribution in [-0.2, 0) is 35.7 Å². The first-order valence-corrected chi connectivity index (χ1v) is 11.5. The van der Waals surface area contributed by atoms with E-state index in [-0.39, 0.29) is 12.4 Å². The van der Waals surface area contributed by atoms with E-state index in [2.05, 4.69) is 5.10 Å².